The highest BCUT2D eigenvalue weighted by atomic mass is 35.5. The molecule has 1 aromatic carbocycles. The number of carbonyl (C=O) groups is 1. The molecule has 5 nitrogen and oxygen atoms in total. The van der Waals surface area contributed by atoms with Gasteiger partial charge in [0.1, 0.15) is 0 Å². The van der Waals surface area contributed by atoms with E-state index in [4.69, 9.17) is 17.3 Å². The van der Waals surface area contributed by atoms with Crippen molar-refractivity contribution in [3.05, 3.63) is 40.5 Å². The number of benzene rings is 1. The monoisotopic (exact) mass is 250 g/mol. The lowest BCUT2D eigenvalue weighted by atomic mass is 10.1. The van der Waals surface area contributed by atoms with Gasteiger partial charge < -0.3 is 11.1 Å². The molecule has 0 bridgehead atoms. The Bertz CT molecular complexity index is 544. The van der Waals surface area contributed by atoms with E-state index in [2.05, 4.69) is 15.5 Å². The topological polar surface area (TPSA) is 83.8 Å². The third kappa shape index (κ3) is 2.57. The molecule has 88 valence electrons. The summed E-state index contributed by atoms with van der Waals surface area (Å²) < 4.78 is 0. The van der Waals surface area contributed by atoms with E-state index < -0.39 is 0 Å². The molecule has 2 aromatic rings. The predicted octanol–water partition coefficient (Wildman–Crippen LogP) is 2.21. The molecule has 0 radical (unpaired) electrons. The van der Waals surface area contributed by atoms with E-state index >= 15 is 0 Å². The lowest BCUT2D eigenvalue weighted by Gasteiger charge is -2.05. The maximum Gasteiger partial charge on any atom is 0.256 e. The van der Waals surface area contributed by atoms with Gasteiger partial charge in [0.2, 0.25) is 0 Å². The molecular weight excluding hydrogens is 240 g/mol. The predicted molar refractivity (Wildman–Crippen MR) is 67.1 cm³/mol. The summed E-state index contributed by atoms with van der Waals surface area (Å²) >= 11 is 5.88. The quantitative estimate of drug-likeness (QED) is 0.764. The number of anilines is 2. The number of nitrogen functional groups attached to an aromatic ring is 1. The Morgan fingerprint density at radius 3 is 2.82 bits per heavy atom. The van der Waals surface area contributed by atoms with Crippen LogP contribution in [0.5, 0.6) is 0 Å². The third-order valence-electron chi connectivity index (χ3n) is 2.21. The fourth-order valence-electron chi connectivity index (χ4n) is 1.45. The average Bonchev–Trinajstić information content (AvgIpc) is 2.63. The summed E-state index contributed by atoms with van der Waals surface area (Å²) in [5.74, 6) is 0.0965. The van der Waals surface area contributed by atoms with Crippen LogP contribution in [0.15, 0.2) is 24.4 Å². The summed E-state index contributed by atoms with van der Waals surface area (Å²) in [5, 5.41) is 9.45. The van der Waals surface area contributed by atoms with Gasteiger partial charge in [-0.2, -0.15) is 5.10 Å². The first-order chi connectivity index (χ1) is 8.06. The second-order valence-electron chi connectivity index (χ2n) is 3.67. The van der Waals surface area contributed by atoms with Crippen molar-refractivity contribution < 1.29 is 4.79 Å². The minimum Gasteiger partial charge on any atom is -0.394 e. The molecule has 1 aromatic heterocycles. The number of H-pyrrole nitrogens is 1. The number of rotatable bonds is 2. The van der Waals surface area contributed by atoms with Gasteiger partial charge in [-0.3, -0.25) is 9.89 Å². The molecule has 0 saturated heterocycles. The fraction of sp³-hybridized carbons (Fsp3) is 0.0909. The first-order valence-corrected chi connectivity index (χ1v) is 5.31. The molecule has 0 atom stereocenters. The van der Waals surface area contributed by atoms with Gasteiger partial charge in [-0.1, -0.05) is 11.6 Å². The Labute approximate surface area is 103 Å². The zero-order valence-electron chi connectivity index (χ0n) is 9.12. The minimum atomic E-state index is -0.286. The average molecular weight is 251 g/mol. The van der Waals surface area contributed by atoms with Gasteiger partial charge in [-0.05, 0) is 30.7 Å². The zero-order valence-corrected chi connectivity index (χ0v) is 9.88. The Hall–Kier alpha value is -2.01. The Morgan fingerprint density at radius 2 is 2.24 bits per heavy atom. The number of hydrogen-bond donors (Lipinski definition) is 3. The second kappa shape index (κ2) is 4.47. The largest absolute Gasteiger partial charge is 0.394 e. The van der Waals surface area contributed by atoms with Crippen LogP contribution in [0, 0.1) is 6.92 Å². The summed E-state index contributed by atoms with van der Waals surface area (Å²) in [6.45, 7) is 1.87. The molecule has 6 heteroatoms. The number of hydrogen-bond acceptors (Lipinski definition) is 3. The van der Waals surface area contributed by atoms with Crippen molar-refractivity contribution in [1.29, 1.82) is 0 Å². The molecule has 17 heavy (non-hydrogen) atoms. The van der Waals surface area contributed by atoms with Gasteiger partial charge in [0.25, 0.3) is 5.91 Å². The van der Waals surface area contributed by atoms with Gasteiger partial charge in [-0.15, -0.1) is 0 Å². The summed E-state index contributed by atoms with van der Waals surface area (Å²) in [5.41, 5.74) is 7.37. The van der Waals surface area contributed by atoms with Crippen molar-refractivity contribution in [2.75, 3.05) is 11.1 Å². The number of nitrogens with one attached hydrogen (secondary N) is 2. The molecule has 1 heterocycles. The van der Waals surface area contributed by atoms with Crippen LogP contribution in [-0.2, 0) is 0 Å². The number of aromatic amines is 1. The first kappa shape index (κ1) is 11.5. The molecular formula is C11H11ClN4O. The number of amides is 1. The van der Waals surface area contributed by atoms with Crippen LogP contribution in [0.2, 0.25) is 5.02 Å². The molecule has 0 spiro atoms. The molecule has 0 aliphatic carbocycles. The van der Waals surface area contributed by atoms with E-state index in [1.165, 1.54) is 6.20 Å². The summed E-state index contributed by atoms with van der Waals surface area (Å²) in [7, 11) is 0. The minimum absolute atomic E-state index is 0.286. The van der Waals surface area contributed by atoms with Crippen molar-refractivity contribution in [1.82, 2.24) is 10.2 Å². The molecule has 0 aliphatic rings. The first-order valence-electron chi connectivity index (χ1n) is 4.93. The normalized spacial score (nSPS) is 10.2. The molecule has 0 fully saturated rings. The molecule has 2 rings (SSSR count). The highest BCUT2D eigenvalue weighted by Crippen LogP contribution is 2.17. The standard InChI is InChI=1S/C11H11ClN4O/c1-6-2-7(4-8(12)3-6)11(17)15-10-9(13)5-14-16-10/h2-5H,13H2,1H3,(H2,14,15,16,17). The number of halogens is 1. The molecule has 0 saturated carbocycles. The zero-order chi connectivity index (χ0) is 12.4. The summed E-state index contributed by atoms with van der Waals surface area (Å²) in [4.78, 5) is 11.9. The van der Waals surface area contributed by atoms with E-state index in [0.717, 1.165) is 5.56 Å². The highest BCUT2D eigenvalue weighted by Gasteiger charge is 2.10. The van der Waals surface area contributed by atoms with Gasteiger partial charge in [0.15, 0.2) is 5.82 Å². The lowest BCUT2D eigenvalue weighted by Crippen LogP contribution is -2.13. The summed E-state index contributed by atoms with van der Waals surface area (Å²) in [6, 6.07) is 5.12. The SMILES string of the molecule is Cc1cc(Cl)cc(C(=O)Nc2[nH]ncc2N)c1. The third-order valence-corrected chi connectivity index (χ3v) is 2.43. The van der Waals surface area contributed by atoms with Crippen LogP contribution in [0.4, 0.5) is 11.5 Å². The Morgan fingerprint density at radius 1 is 1.47 bits per heavy atom. The molecule has 0 aliphatic heterocycles. The van der Waals surface area contributed by atoms with E-state index in [-0.39, 0.29) is 5.91 Å². The van der Waals surface area contributed by atoms with Crippen molar-refractivity contribution in [2.24, 2.45) is 0 Å². The molecule has 4 N–H and O–H groups in total. The Kier molecular flexibility index (Phi) is 3.01. The van der Waals surface area contributed by atoms with Crippen molar-refractivity contribution in [3.8, 4) is 0 Å². The second-order valence-corrected chi connectivity index (χ2v) is 4.11. The smallest absolute Gasteiger partial charge is 0.256 e. The van der Waals surface area contributed by atoms with Crippen LogP contribution < -0.4 is 11.1 Å². The number of aryl methyl sites for hydroxylation is 1. The van der Waals surface area contributed by atoms with Gasteiger partial charge in [0.05, 0.1) is 11.9 Å². The number of nitrogens with two attached hydrogens (primary N) is 1. The van der Waals surface area contributed by atoms with Crippen LogP contribution in [-0.4, -0.2) is 16.1 Å². The summed E-state index contributed by atoms with van der Waals surface area (Å²) in [6.07, 6.45) is 1.43. The van der Waals surface area contributed by atoms with Gasteiger partial charge in [-0.25, -0.2) is 0 Å². The van der Waals surface area contributed by atoms with Crippen molar-refractivity contribution >= 4 is 29.0 Å². The van der Waals surface area contributed by atoms with Crippen LogP contribution in [0.3, 0.4) is 0 Å². The lowest BCUT2D eigenvalue weighted by molar-refractivity contribution is 0.102. The molecule has 1 amide bonds. The fourth-order valence-corrected chi connectivity index (χ4v) is 1.74. The number of carbonyl (C=O) groups excluding carboxylic acids is 1. The number of aromatic nitrogens is 2. The van der Waals surface area contributed by atoms with E-state index in [9.17, 15) is 4.79 Å². The number of nitrogens with zero attached hydrogens (tertiary/aromatic N) is 1. The van der Waals surface area contributed by atoms with E-state index in [1.54, 1.807) is 18.2 Å². The van der Waals surface area contributed by atoms with Crippen molar-refractivity contribution in [3.63, 3.8) is 0 Å². The van der Waals surface area contributed by atoms with Crippen LogP contribution in [0.25, 0.3) is 0 Å². The highest BCUT2D eigenvalue weighted by molar-refractivity contribution is 6.31. The van der Waals surface area contributed by atoms with Crippen LogP contribution >= 0.6 is 11.6 Å². The van der Waals surface area contributed by atoms with Gasteiger partial charge in [0, 0.05) is 10.6 Å². The Balaban J connectivity index is 2.23. The van der Waals surface area contributed by atoms with Crippen molar-refractivity contribution in [2.45, 2.75) is 6.92 Å². The maximum absolute atomic E-state index is 11.9. The van der Waals surface area contributed by atoms with Gasteiger partial charge >= 0.3 is 0 Å². The van der Waals surface area contributed by atoms with E-state index in [0.29, 0.717) is 22.1 Å². The van der Waals surface area contributed by atoms with Crippen LogP contribution in [0.1, 0.15) is 15.9 Å². The molecule has 0 unspecified atom stereocenters. The maximum atomic E-state index is 11.9. The van der Waals surface area contributed by atoms with E-state index in [1.807, 2.05) is 6.92 Å².